The van der Waals surface area contributed by atoms with Crippen molar-refractivity contribution in [1.29, 1.82) is 0 Å². The van der Waals surface area contributed by atoms with E-state index in [1.54, 1.807) is 17.7 Å². The molecule has 3 aliphatic rings. The molecule has 1 aromatic carbocycles. The van der Waals surface area contributed by atoms with Crippen LogP contribution in [0.15, 0.2) is 107 Å². The number of para-hydroxylation sites is 1. The number of allylic oxidation sites excluding steroid dienone is 10. The van der Waals surface area contributed by atoms with E-state index < -0.39 is 0 Å². The van der Waals surface area contributed by atoms with Gasteiger partial charge in [0.2, 0.25) is 0 Å². The zero-order chi connectivity index (χ0) is 29.6. The van der Waals surface area contributed by atoms with E-state index >= 15 is 0 Å². The minimum absolute atomic E-state index is 0.329. The SMILES string of the molecule is C/C=C\C(C)C1=NNN(c2ccccc2)C(C)=C1.C1=CCCC(CCN2CCCCC2)=C1.C=C/C=C(\C)Cl.CC. The summed E-state index contributed by atoms with van der Waals surface area (Å²) in [4.78, 5) is 2.63. The van der Waals surface area contributed by atoms with Gasteiger partial charge < -0.3 is 4.90 Å². The molecule has 1 atom stereocenters. The van der Waals surface area contributed by atoms with Gasteiger partial charge in [-0.05, 0) is 90.2 Å². The standard InChI is InChI=1S/C15H19N3.C13H21N.C5H7Cl.C2H6/c1-4-8-12(2)15-11-13(3)18(17-16-15)14-9-6-5-7-10-14;1-3-7-13(8-4-1)9-12-14-10-5-2-6-11-14;1-3-4-5(2)6;1-2/h4-12,17H,1-3H3;1,3,7H,2,4-6,8-12H2;3-4H,1H2,2H3;1-2H3/b8-4-;;5-4+;. The summed E-state index contributed by atoms with van der Waals surface area (Å²) in [5.41, 5.74) is 8.03. The lowest BCUT2D eigenvalue weighted by molar-refractivity contribution is 0.231. The topological polar surface area (TPSA) is 30.9 Å². The summed E-state index contributed by atoms with van der Waals surface area (Å²) >= 11 is 5.37. The molecular formula is C35H53ClN4. The maximum atomic E-state index is 5.37. The van der Waals surface area contributed by atoms with E-state index in [0.29, 0.717) is 5.92 Å². The Kier molecular flexibility index (Phi) is 19.3. The highest BCUT2D eigenvalue weighted by molar-refractivity contribution is 6.29. The van der Waals surface area contributed by atoms with Crippen LogP contribution in [0.25, 0.3) is 0 Å². The predicted octanol–water partition coefficient (Wildman–Crippen LogP) is 9.96. The van der Waals surface area contributed by atoms with E-state index in [9.17, 15) is 0 Å². The molecule has 1 aromatic rings. The fraction of sp³-hybridized carbons (Fsp3) is 0.457. The molecule has 0 saturated carbocycles. The van der Waals surface area contributed by atoms with E-state index in [2.05, 4.69) is 84.6 Å². The van der Waals surface area contributed by atoms with Crippen molar-refractivity contribution in [2.75, 3.05) is 24.6 Å². The molecule has 4 nitrogen and oxygen atoms in total. The number of hydrogen-bond acceptors (Lipinski definition) is 4. The predicted molar refractivity (Wildman–Crippen MR) is 180 cm³/mol. The molecule has 0 aromatic heterocycles. The number of hydrazine groups is 1. The monoisotopic (exact) mass is 564 g/mol. The molecule has 1 N–H and O–H groups in total. The maximum absolute atomic E-state index is 5.37. The quantitative estimate of drug-likeness (QED) is 0.264. The Morgan fingerprint density at radius 3 is 2.38 bits per heavy atom. The number of anilines is 1. The van der Waals surface area contributed by atoms with Gasteiger partial charge in [0.1, 0.15) is 0 Å². The fourth-order valence-corrected chi connectivity index (χ4v) is 4.55. The highest BCUT2D eigenvalue weighted by Crippen LogP contribution is 2.20. The van der Waals surface area contributed by atoms with Crippen LogP contribution in [-0.4, -0.2) is 30.2 Å². The van der Waals surface area contributed by atoms with E-state index in [1.807, 2.05) is 50.9 Å². The van der Waals surface area contributed by atoms with Crippen molar-refractivity contribution in [2.24, 2.45) is 11.0 Å². The Bertz CT molecular complexity index is 1010. The van der Waals surface area contributed by atoms with Gasteiger partial charge in [0.05, 0.1) is 11.4 Å². The molecule has 0 bridgehead atoms. The van der Waals surface area contributed by atoms with Gasteiger partial charge in [-0.1, -0.05) is 106 Å². The Hall–Kier alpha value is -2.82. The van der Waals surface area contributed by atoms with Gasteiger partial charge in [-0.25, -0.2) is 10.5 Å². The van der Waals surface area contributed by atoms with E-state index in [-0.39, 0.29) is 0 Å². The van der Waals surface area contributed by atoms with E-state index in [4.69, 9.17) is 11.6 Å². The lowest BCUT2D eigenvalue weighted by Gasteiger charge is -2.28. The number of hydrazone groups is 1. The highest BCUT2D eigenvalue weighted by atomic mass is 35.5. The second-order valence-electron chi connectivity index (χ2n) is 9.84. The van der Waals surface area contributed by atoms with Gasteiger partial charge in [-0.3, -0.25) is 0 Å². The zero-order valence-electron chi connectivity index (χ0n) is 25.9. The van der Waals surface area contributed by atoms with Gasteiger partial charge in [-0.2, -0.15) is 5.10 Å². The van der Waals surface area contributed by atoms with Crippen molar-refractivity contribution < 1.29 is 0 Å². The smallest absolute Gasteiger partial charge is 0.0707 e. The second-order valence-corrected chi connectivity index (χ2v) is 10.4. The average molecular weight is 565 g/mol. The number of nitrogens with one attached hydrogen (secondary N) is 1. The van der Waals surface area contributed by atoms with Crippen LogP contribution >= 0.6 is 11.6 Å². The van der Waals surface area contributed by atoms with Crippen LogP contribution in [0, 0.1) is 5.92 Å². The van der Waals surface area contributed by atoms with Crippen molar-refractivity contribution in [2.45, 2.75) is 80.1 Å². The molecule has 1 unspecified atom stereocenters. The number of rotatable bonds is 7. The van der Waals surface area contributed by atoms with Crippen molar-refractivity contribution in [3.05, 3.63) is 102 Å². The minimum Gasteiger partial charge on any atom is -0.303 e. The molecule has 1 saturated heterocycles. The number of halogens is 1. The van der Waals surface area contributed by atoms with Crippen LogP contribution in [0.1, 0.15) is 80.1 Å². The molecule has 0 amide bonds. The number of hydrogen-bond donors (Lipinski definition) is 1. The summed E-state index contributed by atoms with van der Waals surface area (Å²) in [6.07, 6.45) is 24.6. The van der Waals surface area contributed by atoms with Gasteiger partial charge in [0, 0.05) is 23.2 Å². The molecule has 2 aliphatic heterocycles. The fourth-order valence-electron chi connectivity index (χ4n) is 4.46. The third-order valence-electron chi connectivity index (χ3n) is 6.60. The number of benzene rings is 1. The molecule has 40 heavy (non-hydrogen) atoms. The van der Waals surface area contributed by atoms with Gasteiger partial charge >= 0.3 is 0 Å². The average Bonchev–Trinajstić information content (AvgIpc) is 2.99. The normalized spacial score (nSPS) is 17.8. The van der Waals surface area contributed by atoms with E-state index in [0.717, 1.165) is 22.1 Å². The molecular weight excluding hydrogens is 512 g/mol. The Balaban J connectivity index is 0.000000323. The minimum atomic E-state index is 0.329. The third-order valence-corrected chi connectivity index (χ3v) is 6.72. The number of likely N-dealkylation sites (tertiary alicyclic amines) is 1. The summed E-state index contributed by atoms with van der Waals surface area (Å²) < 4.78 is 0. The lowest BCUT2D eigenvalue weighted by atomic mass is 10.0. The van der Waals surface area contributed by atoms with Gasteiger partial charge in [0.25, 0.3) is 0 Å². The van der Waals surface area contributed by atoms with Crippen LogP contribution in [-0.2, 0) is 0 Å². The van der Waals surface area contributed by atoms with Crippen LogP contribution < -0.4 is 10.5 Å². The highest BCUT2D eigenvalue weighted by Gasteiger charge is 2.15. The first-order chi connectivity index (χ1) is 19.4. The molecule has 220 valence electrons. The lowest BCUT2D eigenvalue weighted by Crippen LogP contribution is -2.37. The molecule has 4 rings (SSSR count). The number of piperidine rings is 1. The Labute approximate surface area is 250 Å². The summed E-state index contributed by atoms with van der Waals surface area (Å²) in [6.45, 7) is 19.5. The maximum Gasteiger partial charge on any atom is 0.0707 e. The van der Waals surface area contributed by atoms with Gasteiger partial charge in [-0.15, -0.1) is 0 Å². The third kappa shape index (κ3) is 14.5. The summed E-state index contributed by atoms with van der Waals surface area (Å²) in [5, 5.41) is 7.17. The first kappa shape index (κ1) is 35.2. The van der Waals surface area contributed by atoms with Crippen molar-refractivity contribution >= 4 is 23.0 Å². The Morgan fingerprint density at radius 2 is 1.85 bits per heavy atom. The first-order valence-electron chi connectivity index (χ1n) is 15.0. The van der Waals surface area contributed by atoms with E-state index in [1.165, 1.54) is 58.2 Å². The zero-order valence-corrected chi connectivity index (χ0v) is 26.6. The van der Waals surface area contributed by atoms with Crippen molar-refractivity contribution in [1.82, 2.24) is 10.4 Å². The molecule has 1 aliphatic carbocycles. The summed E-state index contributed by atoms with van der Waals surface area (Å²) in [5.74, 6) is 0.329. The second kappa shape index (κ2) is 21.9. The van der Waals surface area contributed by atoms with Crippen LogP contribution in [0.3, 0.4) is 0 Å². The molecule has 0 radical (unpaired) electrons. The van der Waals surface area contributed by atoms with Crippen LogP contribution in [0.2, 0.25) is 0 Å². The van der Waals surface area contributed by atoms with Gasteiger partial charge in [0.15, 0.2) is 0 Å². The van der Waals surface area contributed by atoms with Crippen molar-refractivity contribution in [3.8, 4) is 0 Å². The first-order valence-corrected chi connectivity index (χ1v) is 15.3. The summed E-state index contributed by atoms with van der Waals surface area (Å²) in [7, 11) is 0. The number of nitrogens with zero attached hydrogens (tertiary/aromatic N) is 3. The molecule has 2 heterocycles. The van der Waals surface area contributed by atoms with Crippen LogP contribution in [0.5, 0.6) is 0 Å². The molecule has 5 heteroatoms. The molecule has 1 fully saturated rings. The summed E-state index contributed by atoms with van der Waals surface area (Å²) in [6, 6.07) is 10.2. The largest absolute Gasteiger partial charge is 0.303 e. The Morgan fingerprint density at radius 1 is 1.15 bits per heavy atom. The van der Waals surface area contributed by atoms with Crippen LogP contribution in [0.4, 0.5) is 5.69 Å². The van der Waals surface area contributed by atoms with Crippen molar-refractivity contribution in [3.63, 3.8) is 0 Å². The molecule has 0 spiro atoms.